The van der Waals surface area contributed by atoms with E-state index in [0.29, 0.717) is 31.2 Å². The fourth-order valence-corrected chi connectivity index (χ4v) is 2.62. The van der Waals surface area contributed by atoms with Crippen LogP contribution in [0, 0.1) is 6.92 Å². The van der Waals surface area contributed by atoms with Gasteiger partial charge in [-0.2, -0.15) is 0 Å². The van der Waals surface area contributed by atoms with Gasteiger partial charge in [0.1, 0.15) is 18.2 Å². The summed E-state index contributed by atoms with van der Waals surface area (Å²) in [7, 11) is 0. The first kappa shape index (κ1) is 12.1. The number of nitrogens with two attached hydrogens (primary N) is 1. The Balaban J connectivity index is 1.77. The molecule has 0 amide bonds. The monoisotopic (exact) mass is 277 g/mol. The number of nitrogens with zero attached hydrogens (tertiary/aromatic N) is 1. The number of fused-ring (bicyclic) bond motifs is 1. The Morgan fingerprint density at radius 3 is 2.74 bits per heavy atom. The number of nitrogen functional groups attached to an aromatic ring is 1. The summed E-state index contributed by atoms with van der Waals surface area (Å²) in [5.41, 5.74) is 8.53. The van der Waals surface area contributed by atoms with Crippen molar-refractivity contribution >= 4 is 22.7 Å². The first-order valence-corrected chi connectivity index (χ1v) is 6.94. The van der Waals surface area contributed by atoms with E-state index in [1.165, 1.54) is 0 Å². The molecule has 100 valence electrons. The molecule has 0 saturated carbocycles. The smallest absolute Gasteiger partial charge is 0.163 e. The Labute approximate surface area is 115 Å². The zero-order valence-electron chi connectivity index (χ0n) is 10.6. The molecule has 2 heterocycles. The Morgan fingerprint density at radius 2 is 2.05 bits per heavy atom. The van der Waals surface area contributed by atoms with Crippen LogP contribution in [0.3, 0.4) is 0 Å². The third-order valence-corrected chi connectivity index (χ3v) is 3.78. The van der Waals surface area contributed by atoms with Crippen LogP contribution in [0.1, 0.15) is 10.7 Å². The highest BCUT2D eigenvalue weighted by Crippen LogP contribution is 2.37. The highest BCUT2D eigenvalue weighted by Gasteiger charge is 2.14. The molecule has 0 aliphatic carbocycles. The number of rotatable bonds is 3. The maximum absolute atomic E-state index is 6.00. The van der Waals surface area contributed by atoms with Crippen molar-refractivity contribution < 1.29 is 9.47 Å². The molecule has 3 N–H and O–H groups in total. The lowest BCUT2D eigenvalue weighted by molar-refractivity contribution is 0.172. The van der Waals surface area contributed by atoms with Crippen molar-refractivity contribution in [3.63, 3.8) is 0 Å². The van der Waals surface area contributed by atoms with Crippen molar-refractivity contribution in [2.24, 2.45) is 0 Å². The van der Waals surface area contributed by atoms with Crippen LogP contribution in [0.15, 0.2) is 17.5 Å². The Bertz CT molecular complexity index is 598. The minimum absolute atomic E-state index is 0.567. The molecule has 2 aromatic rings. The minimum Gasteiger partial charge on any atom is -0.486 e. The zero-order chi connectivity index (χ0) is 13.2. The van der Waals surface area contributed by atoms with Gasteiger partial charge in [0, 0.05) is 23.2 Å². The number of ether oxygens (including phenoxy) is 2. The highest BCUT2D eigenvalue weighted by atomic mass is 32.1. The summed E-state index contributed by atoms with van der Waals surface area (Å²) in [6.07, 6.45) is 0. The van der Waals surface area contributed by atoms with Crippen molar-refractivity contribution in [3.8, 4) is 11.5 Å². The molecule has 6 heteroatoms. The fraction of sp³-hybridized carbons (Fsp3) is 0.308. The molecule has 0 fully saturated rings. The van der Waals surface area contributed by atoms with Gasteiger partial charge in [0.2, 0.25) is 0 Å². The Morgan fingerprint density at radius 1 is 1.32 bits per heavy atom. The lowest BCUT2D eigenvalue weighted by Gasteiger charge is -2.20. The molecule has 0 atom stereocenters. The second kappa shape index (κ2) is 4.97. The van der Waals surface area contributed by atoms with Crippen LogP contribution < -0.4 is 20.5 Å². The second-order valence-corrected chi connectivity index (χ2v) is 5.26. The molecule has 1 aliphatic heterocycles. The van der Waals surface area contributed by atoms with Crippen LogP contribution in [0.2, 0.25) is 0 Å². The van der Waals surface area contributed by atoms with E-state index in [4.69, 9.17) is 15.2 Å². The van der Waals surface area contributed by atoms with Gasteiger partial charge in [-0.15, -0.1) is 11.3 Å². The van der Waals surface area contributed by atoms with E-state index < -0.39 is 0 Å². The van der Waals surface area contributed by atoms with Gasteiger partial charge < -0.3 is 20.5 Å². The summed E-state index contributed by atoms with van der Waals surface area (Å²) in [6.45, 7) is 3.78. The molecule has 0 bridgehead atoms. The summed E-state index contributed by atoms with van der Waals surface area (Å²) >= 11 is 1.63. The minimum atomic E-state index is 0.567. The average molecular weight is 277 g/mol. The molecule has 0 saturated heterocycles. The standard InChI is InChI=1S/C13H15N3O2S/c1-8-7-19-13(16-8)6-15-10-5-12-11(4-9(10)14)17-2-3-18-12/h4-5,7,15H,2-3,6,14H2,1H3. The van der Waals surface area contributed by atoms with Gasteiger partial charge in [0.25, 0.3) is 0 Å². The predicted molar refractivity (Wildman–Crippen MR) is 76.0 cm³/mol. The van der Waals surface area contributed by atoms with Gasteiger partial charge in [0.05, 0.1) is 17.9 Å². The largest absolute Gasteiger partial charge is 0.486 e. The summed E-state index contributed by atoms with van der Waals surface area (Å²) in [5.74, 6) is 1.44. The number of anilines is 2. The molecule has 19 heavy (non-hydrogen) atoms. The maximum atomic E-state index is 6.00. The van der Waals surface area contributed by atoms with Crippen molar-refractivity contribution in [3.05, 3.63) is 28.2 Å². The van der Waals surface area contributed by atoms with Crippen LogP contribution in [-0.4, -0.2) is 18.2 Å². The van der Waals surface area contributed by atoms with Crippen LogP contribution in [0.5, 0.6) is 11.5 Å². The Hall–Kier alpha value is -1.95. The average Bonchev–Trinajstić information content (AvgIpc) is 2.82. The van der Waals surface area contributed by atoms with Crippen molar-refractivity contribution in [2.75, 3.05) is 24.3 Å². The van der Waals surface area contributed by atoms with Crippen LogP contribution in [0.4, 0.5) is 11.4 Å². The third-order valence-electron chi connectivity index (χ3n) is 2.81. The first-order valence-electron chi connectivity index (χ1n) is 6.06. The van der Waals surface area contributed by atoms with Gasteiger partial charge in [-0.05, 0) is 6.92 Å². The number of thiazole rings is 1. The summed E-state index contributed by atoms with van der Waals surface area (Å²) in [6, 6.07) is 3.67. The van der Waals surface area contributed by atoms with E-state index in [1.807, 2.05) is 18.4 Å². The second-order valence-electron chi connectivity index (χ2n) is 4.32. The number of hydrogen-bond acceptors (Lipinski definition) is 6. The normalized spacial score (nSPS) is 13.3. The van der Waals surface area contributed by atoms with E-state index in [0.717, 1.165) is 22.1 Å². The summed E-state index contributed by atoms with van der Waals surface area (Å²) in [5, 5.41) is 6.35. The van der Waals surface area contributed by atoms with Crippen LogP contribution in [0.25, 0.3) is 0 Å². The molecule has 0 radical (unpaired) electrons. The van der Waals surface area contributed by atoms with E-state index in [9.17, 15) is 0 Å². The quantitative estimate of drug-likeness (QED) is 0.843. The zero-order valence-corrected chi connectivity index (χ0v) is 11.4. The van der Waals surface area contributed by atoms with Gasteiger partial charge in [-0.3, -0.25) is 0 Å². The van der Waals surface area contributed by atoms with Gasteiger partial charge in [0.15, 0.2) is 11.5 Å². The van der Waals surface area contributed by atoms with Crippen LogP contribution >= 0.6 is 11.3 Å². The maximum Gasteiger partial charge on any atom is 0.163 e. The molecular formula is C13H15N3O2S. The van der Waals surface area contributed by atoms with Crippen molar-refractivity contribution in [1.82, 2.24) is 4.98 Å². The fourth-order valence-electron chi connectivity index (χ4n) is 1.91. The number of hydrogen-bond donors (Lipinski definition) is 2. The van der Waals surface area contributed by atoms with Gasteiger partial charge in [-0.1, -0.05) is 0 Å². The topological polar surface area (TPSA) is 69.4 Å². The van der Waals surface area contributed by atoms with Crippen LogP contribution in [-0.2, 0) is 6.54 Å². The van der Waals surface area contributed by atoms with Gasteiger partial charge >= 0.3 is 0 Å². The SMILES string of the molecule is Cc1csc(CNc2cc3c(cc2N)OCCO3)n1. The molecule has 1 aromatic heterocycles. The third kappa shape index (κ3) is 2.58. The molecule has 0 unspecified atom stereocenters. The lowest BCUT2D eigenvalue weighted by atomic mass is 10.2. The molecule has 3 rings (SSSR count). The van der Waals surface area contributed by atoms with Gasteiger partial charge in [-0.25, -0.2) is 4.98 Å². The number of aryl methyl sites for hydroxylation is 1. The lowest BCUT2D eigenvalue weighted by Crippen LogP contribution is -2.16. The predicted octanol–water partition coefficient (Wildman–Crippen LogP) is 2.42. The van der Waals surface area contributed by atoms with E-state index in [-0.39, 0.29) is 0 Å². The van der Waals surface area contributed by atoms with E-state index in [1.54, 1.807) is 17.4 Å². The summed E-state index contributed by atoms with van der Waals surface area (Å²) in [4.78, 5) is 4.40. The Kier molecular flexibility index (Phi) is 3.16. The first-order chi connectivity index (χ1) is 9.22. The number of benzene rings is 1. The molecule has 1 aliphatic rings. The van der Waals surface area contributed by atoms with Crippen molar-refractivity contribution in [2.45, 2.75) is 13.5 Å². The molecule has 1 aromatic carbocycles. The van der Waals surface area contributed by atoms with E-state index >= 15 is 0 Å². The highest BCUT2D eigenvalue weighted by molar-refractivity contribution is 7.09. The molecular weight excluding hydrogens is 262 g/mol. The van der Waals surface area contributed by atoms with E-state index in [2.05, 4.69) is 10.3 Å². The summed E-state index contributed by atoms with van der Waals surface area (Å²) < 4.78 is 11.0. The van der Waals surface area contributed by atoms with Crippen molar-refractivity contribution in [1.29, 1.82) is 0 Å². The molecule has 0 spiro atoms. The number of nitrogens with one attached hydrogen (secondary N) is 1. The molecule has 5 nitrogen and oxygen atoms in total. The number of aromatic nitrogens is 1.